The van der Waals surface area contributed by atoms with Crippen LogP contribution in [-0.4, -0.2) is 47.0 Å². The summed E-state index contributed by atoms with van der Waals surface area (Å²) in [6.45, 7) is 3.30. The van der Waals surface area contributed by atoms with E-state index in [0.717, 1.165) is 33.1 Å². The molecule has 1 amide bonds. The Morgan fingerprint density at radius 3 is 2.59 bits per heavy atom. The van der Waals surface area contributed by atoms with Crippen LogP contribution in [0.4, 0.5) is 8.78 Å². The number of hydrogen-bond acceptors (Lipinski definition) is 5. The molecule has 174 valence electrons. The summed E-state index contributed by atoms with van der Waals surface area (Å²) in [4.78, 5) is 12.4. The Kier molecular flexibility index (Phi) is 8.07. The van der Waals surface area contributed by atoms with E-state index in [4.69, 9.17) is 4.74 Å². The van der Waals surface area contributed by atoms with Crippen molar-refractivity contribution in [2.45, 2.75) is 50.5 Å². The van der Waals surface area contributed by atoms with Crippen LogP contribution in [0.2, 0.25) is 0 Å². The van der Waals surface area contributed by atoms with Crippen molar-refractivity contribution in [1.29, 1.82) is 0 Å². The Hall–Kier alpha value is -1.82. The molecule has 0 aromatic heterocycles. The largest absolute Gasteiger partial charge is 0.493 e. The lowest BCUT2D eigenvalue weighted by molar-refractivity contribution is -0.138. The van der Waals surface area contributed by atoms with Crippen LogP contribution < -0.4 is 15.4 Å². The third-order valence-electron chi connectivity index (χ3n) is 5.30. The summed E-state index contributed by atoms with van der Waals surface area (Å²) in [6, 6.07) is 8.02. The maximum atomic E-state index is 13.6. The van der Waals surface area contributed by atoms with E-state index in [-0.39, 0.29) is 24.6 Å². The number of aliphatic hydroxyl groups excluding tert-OH is 1. The Labute approximate surface area is 199 Å². The molecule has 2 aromatic carbocycles. The van der Waals surface area contributed by atoms with Gasteiger partial charge in [-0.1, -0.05) is 0 Å². The van der Waals surface area contributed by atoms with Crippen molar-refractivity contribution in [2.75, 3.05) is 13.2 Å². The molecule has 1 aliphatic rings. The minimum atomic E-state index is -1.67. The van der Waals surface area contributed by atoms with Gasteiger partial charge >= 0.3 is 0 Å². The molecule has 3 rings (SSSR count). The van der Waals surface area contributed by atoms with Gasteiger partial charge in [0.25, 0.3) is 5.91 Å². The first-order valence-electron chi connectivity index (χ1n) is 10.3. The normalized spacial score (nSPS) is 17.8. The number of rotatable bonds is 8. The lowest BCUT2D eigenvalue weighted by atomic mass is 9.97. The van der Waals surface area contributed by atoms with E-state index in [1.807, 2.05) is 18.2 Å². The topological polar surface area (TPSA) is 90.8 Å². The molecule has 0 unspecified atom stereocenters. The number of aliphatic hydroxyl groups is 2. The van der Waals surface area contributed by atoms with Gasteiger partial charge in [0.15, 0.2) is 0 Å². The highest BCUT2D eigenvalue weighted by Gasteiger charge is 2.30. The van der Waals surface area contributed by atoms with Gasteiger partial charge in [0.05, 0.1) is 18.8 Å². The summed E-state index contributed by atoms with van der Waals surface area (Å²) < 4.78 is 34.0. The molecular weight excluding hydrogens is 533 g/mol. The Morgan fingerprint density at radius 2 is 1.94 bits per heavy atom. The first-order valence-corrected chi connectivity index (χ1v) is 11.4. The van der Waals surface area contributed by atoms with Crippen LogP contribution in [0.3, 0.4) is 0 Å². The molecule has 0 aliphatic carbocycles. The summed E-state index contributed by atoms with van der Waals surface area (Å²) in [6.07, 6.45) is -0.390. The zero-order chi connectivity index (χ0) is 23.5. The lowest BCUT2D eigenvalue weighted by Crippen LogP contribution is -2.54. The van der Waals surface area contributed by atoms with Crippen molar-refractivity contribution < 1.29 is 28.5 Å². The molecule has 0 bridgehead atoms. The molecule has 0 fully saturated rings. The average molecular weight is 560 g/mol. The van der Waals surface area contributed by atoms with E-state index in [2.05, 4.69) is 33.2 Å². The molecule has 4 N–H and O–H groups in total. The molecular formula is C23H27F2IN2O4. The van der Waals surface area contributed by atoms with Crippen molar-refractivity contribution in [3.63, 3.8) is 0 Å². The van der Waals surface area contributed by atoms with E-state index in [9.17, 15) is 23.8 Å². The summed E-state index contributed by atoms with van der Waals surface area (Å²) >= 11 is 2.22. The van der Waals surface area contributed by atoms with Crippen molar-refractivity contribution >= 4 is 28.5 Å². The number of amides is 1. The van der Waals surface area contributed by atoms with Gasteiger partial charge in [-0.05, 0) is 78.8 Å². The minimum absolute atomic E-state index is 0.0123. The fraction of sp³-hybridized carbons (Fsp3) is 0.435. The summed E-state index contributed by atoms with van der Waals surface area (Å²) in [5.41, 5.74) is -0.400. The molecule has 6 nitrogen and oxygen atoms in total. The second kappa shape index (κ2) is 10.4. The lowest BCUT2D eigenvalue weighted by Gasteiger charge is -2.31. The van der Waals surface area contributed by atoms with Gasteiger partial charge in [-0.15, -0.1) is 0 Å². The molecule has 32 heavy (non-hydrogen) atoms. The van der Waals surface area contributed by atoms with E-state index < -0.39 is 35.3 Å². The van der Waals surface area contributed by atoms with Crippen LogP contribution in [0.25, 0.3) is 0 Å². The number of carbonyl (C=O) groups excluding carboxylic acids is 1. The second-order valence-electron chi connectivity index (χ2n) is 8.47. The molecule has 1 heterocycles. The molecule has 0 saturated heterocycles. The van der Waals surface area contributed by atoms with Gasteiger partial charge in [-0.3, -0.25) is 4.79 Å². The van der Waals surface area contributed by atoms with Crippen molar-refractivity contribution in [3.8, 4) is 5.75 Å². The van der Waals surface area contributed by atoms with Crippen LogP contribution in [0.1, 0.15) is 37.4 Å². The van der Waals surface area contributed by atoms with Gasteiger partial charge in [0.2, 0.25) is 0 Å². The fourth-order valence-corrected chi connectivity index (χ4v) is 4.11. The van der Waals surface area contributed by atoms with Crippen LogP contribution >= 0.6 is 22.6 Å². The highest BCUT2D eigenvalue weighted by molar-refractivity contribution is 14.1. The maximum absolute atomic E-state index is 13.6. The SMILES string of the molecule is CC(C)(O)C(=O)N[C@@H](Cc1cc(F)cc(F)c1)[C@H](O)CN[C@H]1CCOc2ccc(I)cc21. The highest BCUT2D eigenvalue weighted by atomic mass is 127. The average Bonchev–Trinajstić information content (AvgIpc) is 2.70. The fourth-order valence-electron chi connectivity index (χ4n) is 3.59. The van der Waals surface area contributed by atoms with Crippen LogP contribution in [0, 0.1) is 15.2 Å². The quantitative estimate of drug-likeness (QED) is 0.373. The van der Waals surface area contributed by atoms with Crippen LogP contribution in [0.15, 0.2) is 36.4 Å². The number of fused-ring (bicyclic) bond motifs is 1. The third-order valence-corrected chi connectivity index (χ3v) is 5.97. The van der Waals surface area contributed by atoms with Gasteiger partial charge in [-0.2, -0.15) is 0 Å². The van der Waals surface area contributed by atoms with Gasteiger partial charge < -0.3 is 25.6 Å². The number of ether oxygens (including phenoxy) is 1. The number of halogens is 3. The minimum Gasteiger partial charge on any atom is -0.493 e. The number of carbonyl (C=O) groups is 1. The van der Waals surface area contributed by atoms with Gasteiger partial charge in [0, 0.05) is 34.2 Å². The van der Waals surface area contributed by atoms with E-state index >= 15 is 0 Å². The van der Waals surface area contributed by atoms with Gasteiger partial charge in [0.1, 0.15) is 23.0 Å². The Bertz CT molecular complexity index is 947. The zero-order valence-corrected chi connectivity index (χ0v) is 20.0. The number of hydrogen-bond donors (Lipinski definition) is 4. The summed E-state index contributed by atoms with van der Waals surface area (Å²) in [5.74, 6) is -1.39. The molecule has 0 spiro atoms. The smallest absolute Gasteiger partial charge is 0.251 e. The molecule has 3 atom stereocenters. The predicted molar refractivity (Wildman–Crippen MR) is 124 cm³/mol. The molecule has 9 heteroatoms. The monoisotopic (exact) mass is 560 g/mol. The third kappa shape index (κ3) is 6.60. The molecule has 1 aliphatic heterocycles. The predicted octanol–water partition coefficient (Wildman–Crippen LogP) is 2.84. The Morgan fingerprint density at radius 1 is 1.25 bits per heavy atom. The number of nitrogens with one attached hydrogen (secondary N) is 2. The van der Waals surface area contributed by atoms with E-state index in [1.165, 1.54) is 13.8 Å². The Balaban J connectivity index is 1.74. The van der Waals surface area contributed by atoms with E-state index in [0.29, 0.717) is 13.0 Å². The molecule has 0 saturated carbocycles. The molecule has 0 radical (unpaired) electrons. The first kappa shape index (κ1) is 24.8. The van der Waals surface area contributed by atoms with E-state index in [1.54, 1.807) is 0 Å². The number of benzene rings is 2. The maximum Gasteiger partial charge on any atom is 0.251 e. The standard InChI is InChI=1S/C23H27F2IN2O4/c1-23(2,31)22(30)28-19(9-13-7-14(24)10-15(25)8-13)20(29)12-27-18-5-6-32-21-4-3-16(26)11-17(18)21/h3-4,7-8,10-11,18-20,27,29,31H,5-6,9,12H2,1-2H3,(H,28,30)/t18-,19-,20+/m0/s1. The highest BCUT2D eigenvalue weighted by Crippen LogP contribution is 2.33. The summed E-state index contributed by atoms with van der Waals surface area (Å²) in [7, 11) is 0. The second-order valence-corrected chi connectivity index (χ2v) is 9.71. The van der Waals surface area contributed by atoms with Crippen LogP contribution in [0.5, 0.6) is 5.75 Å². The van der Waals surface area contributed by atoms with Gasteiger partial charge in [-0.25, -0.2) is 8.78 Å². The van der Waals surface area contributed by atoms with Crippen molar-refractivity contribution in [3.05, 3.63) is 62.7 Å². The van der Waals surface area contributed by atoms with Crippen molar-refractivity contribution in [2.24, 2.45) is 0 Å². The van der Waals surface area contributed by atoms with Crippen molar-refractivity contribution in [1.82, 2.24) is 10.6 Å². The van der Waals surface area contributed by atoms with Crippen LogP contribution in [-0.2, 0) is 11.2 Å². The summed E-state index contributed by atoms with van der Waals surface area (Å²) in [5, 5.41) is 26.8. The first-order chi connectivity index (χ1) is 15.0. The zero-order valence-electron chi connectivity index (χ0n) is 17.9. The molecule has 2 aromatic rings.